The number of carbonyl (C=O) groups excluding carboxylic acids is 1. The molecule has 0 heterocycles. The summed E-state index contributed by atoms with van der Waals surface area (Å²) in [6.07, 6.45) is 1.08. The van der Waals surface area contributed by atoms with Crippen LogP contribution in [-0.4, -0.2) is 12.2 Å². The van der Waals surface area contributed by atoms with E-state index in [1.807, 2.05) is 5.43 Å². The second-order valence-electron chi connectivity index (χ2n) is 2.53. The number of benzene rings is 1. The van der Waals surface area contributed by atoms with Gasteiger partial charge in [0.1, 0.15) is 0 Å². The molecule has 2 amide bonds. The van der Waals surface area contributed by atoms with Crippen LogP contribution in [0.3, 0.4) is 0 Å². The number of hydrogen-bond donors (Lipinski definition) is 2. The van der Waals surface area contributed by atoms with E-state index in [0.29, 0.717) is 0 Å². The van der Waals surface area contributed by atoms with Crippen LogP contribution >= 0.6 is 11.6 Å². The summed E-state index contributed by atoms with van der Waals surface area (Å²) in [4.78, 5) is 10.2. The summed E-state index contributed by atoms with van der Waals surface area (Å²) in [5, 5.41) is 2.99. The Balaban J connectivity index is 2.87. The summed E-state index contributed by atoms with van der Waals surface area (Å²) >= 11 is 5.37. The molecule has 0 fully saturated rings. The first kappa shape index (κ1) is 11.4. The van der Waals surface area contributed by atoms with Crippen molar-refractivity contribution in [3.05, 3.63) is 34.4 Å². The summed E-state index contributed by atoms with van der Waals surface area (Å²) in [6.45, 7) is 0. The van der Waals surface area contributed by atoms with Gasteiger partial charge in [0.05, 0.1) is 11.2 Å². The fourth-order valence-corrected chi connectivity index (χ4v) is 1.04. The molecule has 15 heavy (non-hydrogen) atoms. The van der Waals surface area contributed by atoms with Gasteiger partial charge in [-0.1, -0.05) is 11.6 Å². The van der Waals surface area contributed by atoms with Crippen molar-refractivity contribution in [1.82, 2.24) is 5.43 Å². The lowest BCUT2D eigenvalue weighted by Crippen LogP contribution is -2.24. The van der Waals surface area contributed by atoms with Gasteiger partial charge in [-0.3, -0.25) is 0 Å². The summed E-state index contributed by atoms with van der Waals surface area (Å²) < 4.78 is 25.5. The standard InChI is InChI=1S/C8H6ClF2N3O/c9-5-1-4(2-6(10)7(5)11)3-13-14-8(12)15/h1-3H,(H3,12,14,15). The third-order valence-electron chi connectivity index (χ3n) is 1.39. The topological polar surface area (TPSA) is 67.5 Å². The molecular weight excluding hydrogens is 228 g/mol. The van der Waals surface area contributed by atoms with E-state index >= 15 is 0 Å². The molecule has 0 radical (unpaired) electrons. The van der Waals surface area contributed by atoms with Crippen LogP contribution in [0.5, 0.6) is 0 Å². The molecule has 0 unspecified atom stereocenters. The Bertz CT molecular complexity index is 399. The molecular formula is C8H6ClF2N3O. The molecule has 1 aromatic rings. The summed E-state index contributed by atoms with van der Waals surface area (Å²) in [5.41, 5.74) is 6.81. The predicted octanol–water partition coefficient (Wildman–Crippen LogP) is 1.62. The smallest absolute Gasteiger partial charge is 0.332 e. The maximum absolute atomic E-state index is 12.8. The molecule has 3 N–H and O–H groups in total. The SMILES string of the molecule is NC(=O)NN=Cc1cc(F)c(F)c(Cl)c1. The van der Waals surface area contributed by atoms with E-state index < -0.39 is 17.7 Å². The van der Waals surface area contributed by atoms with E-state index in [4.69, 9.17) is 17.3 Å². The number of halogens is 3. The zero-order valence-corrected chi connectivity index (χ0v) is 8.05. The lowest BCUT2D eigenvalue weighted by molar-refractivity contribution is 0.249. The molecule has 0 bridgehead atoms. The van der Waals surface area contributed by atoms with Crippen LogP contribution in [0.4, 0.5) is 13.6 Å². The number of primary amides is 1. The molecule has 0 spiro atoms. The number of hydrogen-bond acceptors (Lipinski definition) is 2. The van der Waals surface area contributed by atoms with Crippen LogP contribution in [0.15, 0.2) is 17.2 Å². The van der Waals surface area contributed by atoms with E-state index in [1.54, 1.807) is 0 Å². The van der Waals surface area contributed by atoms with Crippen molar-refractivity contribution < 1.29 is 13.6 Å². The van der Waals surface area contributed by atoms with Gasteiger partial charge in [-0.05, 0) is 17.7 Å². The van der Waals surface area contributed by atoms with E-state index in [1.165, 1.54) is 0 Å². The monoisotopic (exact) mass is 233 g/mol. The van der Waals surface area contributed by atoms with E-state index in [-0.39, 0.29) is 10.6 Å². The number of nitrogens with one attached hydrogen (secondary N) is 1. The molecule has 1 aromatic carbocycles. The Hall–Kier alpha value is -1.69. The first-order valence-corrected chi connectivity index (χ1v) is 4.11. The quantitative estimate of drug-likeness (QED) is 0.455. The van der Waals surface area contributed by atoms with Gasteiger partial charge < -0.3 is 5.73 Å². The Labute approximate surface area is 88.7 Å². The van der Waals surface area contributed by atoms with Crippen molar-refractivity contribution in [3.63, 3.8) is 0 Å². The molecule has 7 heteroatoms. The number of hydrazone groups is 1. The summed E-state index contributed by atoms with van der Waals surface area (Å²) in [5.74, 6) is -2.22. The van der Waals surface area contributed by atoms with Crippen LogP contribution in [0.1, 0.15) is 5.56 Å². The molecule has 0 atom stereocenters. The second-order valence-corrected chi connectivity index (χ2v) is 2.94. The molecule has 0 aliphatic carbocycles. The van der Waals surface area contributed by atoms with Crippen LogP contribution < -0.4 is 11.2 Å². The fraction of sp³-hybridized carbons (Fsp3) is 0. The maximum Gasteiger partial charge on any atom is 0.332 e. The minimum atomic E-state index is -1.13. The van der Waals surface area contributed by atoms with Crippen molar-refractivity contribution in [2.45, 2.75) is 0 Å². The van der Waals surface area contributed by atoms with Gasteiger partial charge in [0.2, 0.25) is 0 Å². The third-order valence-corrected chi connectivity index (χ3v) is 1.67. The van der Waals surface area contributed by atoms with E-state index in [0.717, 1.165) is 18.3 Å². The van der Waals surface area contributed by atoms with Crippen molar-refractivity contribution in [2.75, 3.05) is 0 Å². The zero-order chi connectivity index (χ0) is 11.4. The highest BCUT2D eigenvalue weighted by Gasteiger charge is 2.07. The molecule has 80 valence electrons. The highest BCUT2D eigenvalue weighted by Crippen LogP contribution is 2.18. The number of amides is 2. The van der Waals surface area contributed by atoms with Crippen LogP contribution in [0.2, 0.25) is 5.02 Å². The normalized spacial score (nSPS) is 10.6. The van der Waals surface area contributed by atoms with Gasteiger partial charge in [0.15, 0.2) is 11.6 Å². The average Bonchev–Trinajstić information content (AvgIpc) is 2.13. The second kappa shape index (κ2) is 4.70. The lowest BCUT2D eigenvalue weighted by Gasteiger charge is -1.98. The molecule has 0 aliphatic rings. The summed E-state index contributed by atoms with van der Waals surface area (Å²) in [7, 11) is 0. The van der Waals surface area contributed by atoms with Gasteiger partial charge in [-0.2, -0.15) is 5.10 Å². The minimum absolute atomic E-state index is 0.202. The maximum atomic E-state index is 12.8. The fourth-order valence-electron chi connectivity index (χ4n) is 0.820. The zero-order valence-electron chi connectivity index (χ0n) is 7.30. The van der Waals surface area contributed by atoms with Crippen molar-refractivity contribution in [1.29, 1.82) is 0 Å². The first-order valence-electron chi connectivity index (χ1n) is 3.73. The van der Waals surface area contributed by atoms with Gasteiger partial charge in [0, 0.05) is 0 Å². The molecule has 4 nitrogen and oxygen atoms in total. The Morgan fingerprint density at radius 3 is 2.73 bits per heavy atom. The van der Waals surface area contributed by atoms with Gasteiger partial charge in [-0.15, -0.1) is 0 Å². The number of urea groups is 1. The van der Waals surface area contributed by atoms with Crippen molar-refractivity contribution in [3.8, 4) is 0 Å². The number of rotatable bonds is 2. The number of carbonyl (C=O) groups is 1. The highest BCUT2D eigenvalue weighted by molar-refractivity contribution is 6.31. The van der Waals surface area contributed by atoms with Gasteiger partial charge in [-0.25, -0.2) is 19.0 Å². The molecule has 0 saturated carbocycles. The third kappa shape index (κ3) is 3.17. The Morgan fingerprint density at radius 2 is 2.20 bits per heavy atom. The average molecular weight is 234 g/mol. The minimum Gasteiger partial charge on any atom is -0.350 e. The molecule has 0 aliphatic heterocycles. The van der Waals surface area contributed by atoms with Crippen molar-refractivity contribution in [2.24, 2.45) is 10.8 Å². The number of nitrogens with two attached hydrogens (primary N) is 1. The lowest BCUT2D eigenvalue weighted by atomic mass is 10.2. The van der Waals surface area contributed by atoms with Gasteiger partial charge >= 0.3 is 6.03 Å². The van der Waals surface area contributed by atoms with E-state index in [2.05, 4.69) is 5.10 Å². The highest BCUT2D eigenvalue weighted by atomic mass is 35.5. The molecule has 0 saturated heterocycles. The number of nitrogens with zero attached hydrogens (tertiary/aromatic N) is 1. The van der Waals surface area contributed by atoms with Crippen LogP contribution in [0.25, 0.3) is 0 Å². The largest absolute Gasteiger partial charge is 0.350 e. The Morgan fingerprint density at radius 1 is 1.53 bits per heavy atom. The van der Waals surface area contributed by atoms with E-state index in [9.17, 15) is 13.6 Å². The first-order chi connectivity index (χ1) is 7.00. The van der Waals surface area contributed by atoms with Gasteiger partial charge in [0.25, 0.3) is 0 Å². The van der Waals surface area contributed by atoms with Crippen molar-refractivity contribution >= 4 is 23.8 Å². The Kier molecular flexibility index (Phi) is 3.56. The molecule has 0 aromatic heterocycles. The predicted molar refractivity (Wildman–Crippen MR) is 51.7 cm³/mol. The van der Waals surface area contributed by atoms with Crippen LogP contribution in [-0.2, 0) is 0 Å². The van der Waals surface area contributed by atoms with Crippen LogP contribution in [0, 0.1) is 11.6 Å². The molecule has 1 rings (SSSR count). The summed E-state index contributed by atoms with van der Waals surface area (Å²) in [6, 6.07) is 1.18.